The quantitative estimate of drug-likeness (QED) is 0.655. The van der Waals surface area contributed by atoms with Gasteiger partial charge in [-0.25, -0.2) is 0 Å². The van der Waals surface area contributed by atoms with Crippen LogP contribution in [0.5, 0.6) is 5.75 Å². The van der Waals surface area contributed by atoms with Gasteiger partial charge in [0.2, 0.25) is 0 Å². The minimum Gasteiger partial charge on any atom is -0.466 e. The van der Waals surface area contributed by atoms with Crippen LogP contribution in [0.3, 0.4) is 0 Å². The Labute approximate surface area is 186 Å². The molecule has 0 saturated heterocycles. The van der Waals surface area contributed by atoms with Crippen LogP contribution in [0.2, 0.25) is 0 Å². The molecule has 7 heteroatoms. The molecule has 3 unspecified atom stereocenters. The lowest BCUT2D eigenvalue weighted by Crippen LogP contribution is -2.42. The van der Waals surface area contributed by atoms with E-state index < -0.39 is 10.3 Å². The van der Waals surface area contributed by atoms with E-state index in [-0.39, 0.29) is 11.4 Å². The zero-order valence-corrected chi connectivity index (χ0v) is 19.7. The third-order valence-electron chi connectivity index (χ3n) is 8.41. The summed E-state index contributed by atoms with van der Waals surface area (Å²) in [5, 5.41) is 5.13. The van der Waals surface area contributed by atoms with E-state index in [4.69, 9.17) is 14.1 Å². The van der Waals surface area contributed by atoms with Crippen molar-refractivity contribution in [3.63, 3.8) is 0 Å². The summed E-state index contributed by atoms with van der Waals surface area (Å²) >= 11 is 0. The first-order valence-electron chi connectivity index (χ1n) is 11.7. The maximum atomic E-state index is 12.2. The van der Waals surface area contributed by atoms with E-state index in [9.17, 15) is 13.2 Å². The largest absolute Gasteiger partial charge is 0.466 e. The molecule has 0 bridgehead atoms. The van der Waals surface area contributed by atoms with E-state index in [2.05, 4.69) is 13.0 Å². The fourth-order valence-electron chi connectivity index (χ4n) is 6.99. The lowest BCUT2D eigenvalue weighted by Gasteiger charge is -2.51. The molecule has 0 aromatic heterocycles. The average Bonchev–Trinajstić information content (AvgIpc) is 3.02. The second-order valence-electron chi connectivity index (χ2n) is 9.83. The summed E-state index contributed by atoms with van der Waals surface area (Å²) in [6.07, 6.45) is 7.80. The van der Waals surface area contributed by atoms with Crippen LogP contribution in [0.15, 0.2) is 12.1 Å². The van der Waals surface area contributed by atoms with Crippen LogP contribution in [-0.4, -0.2) is 21.0 Å². The first-order valence-corrected chi connectivity index (χ1v) is 13.2. The van der Waals surface area contributed by atoms with Crippen molar-refractivity contribution in [1.82, 2.24) is 0 Å². The predicted molar refractivity (Wildman–Crippen MR) is 119 cm³/mol. The Bertz CT molecular complexity index is 959. The van der Waals surface area contributed by atoms with Gasteiger partial charge in [-0.05, 0) is 104 Å². The van der Waals surface area contributed by atoms with Crippen LogP contribution in [0.4, 0.5) is 0 Å². The monoisotopic (exact) mass is 449 g/mol. The molecule has 6 nitrogen and oxygen atoms in total. The number of ether oxygens (including phenoxy) is 1. The molecule has 1 aromatic carbocycles. The van der Waals surface area contributed by atoms with E-state index in [0.29, 0.717) is 48.9 Å². The highest BCUT2D eigenvalue weighted by atomic mass is 32.2. The Balaban J connectivity index is 1.59. The summed E-state index contributed by atoms with van der Waals surface area (Å²) in [5.41, 5.74) is 3.66. The van der Waals surface area contributed by atoms with Gasteiger partial charge in [0, 0.05) is 6.42 Å². The summed E-state index contributed by atoms with van der Waals surface area (Å²) in [7, 11) is -4.04. The van der Waals surface area contributed by atoms with E-state index in [1.165, 1.54) is 17.5 Å². The number of fused-ring (bicyclic) bond motifs is 5. The number of rotatable bonds is 6. The molecule has 3 aliphatic rings. The first kappa shape index (κ1) is 22.6. The number of aryl methyl sites for hydroxylation is 2. The van der Waals surface area contributed by atoms with Gasteiger partial charge < -0.3 is 8.92 Å². The SMILES string of the molecule is CCOC(=O)C[C@H]1CCC2C3CCc4cc(OS(N)(=O)=O)c(CC)cc4C3CC[C@@]21C. The van der Waals surface area contributed by atoms with Gasteiger partial charge in [-0.15, -0.1) is 0 Å². The number of benzene rings is 1. The Morgan fingerprint density at radius 1 is 1.19 bits per heavy atom. The van der Waals surface area contributed by atoms with Crippen molar-refractivity contribution in [2.45, 2.75) is 78.1 Å². The van der Waals surface area contributed by atoms with Crippen LogP contribution < -0.4 is 9.32 Å². The third-order valence-corrected chi connectivity index (χ3v) is 8.82. The highest BCUT2D eigenvalue weighted by molar-refractivity contribution is 7.84. The van der Waals surface area contributed by atoms with Crippen LogP contribution >= 0.6 is 0 Å². The van der Waals surface area contributed by atoms with Gasteiger partial charge in [-0.3, -0.25) is 4.79 Å². The fraction of sp³-hybridized carbons (Fsp3) is 0.708. The molecule has 0 amide bonds. The van der Waals surface area contributed by atoms with E-state index in [1.54, 1.807) is 0 Å². The zero-order valence-electron chi connectivity index (χ0n) is 18.9. The highest BCUT2D eigenvalue weighted by Gasteiger charge is 2.55. The second-order valence-corrected chi connectivity index (χ2v) is 11.0. The minimum absolute atomic E-state index is 0.0551. The van der Waals surface area contributed by atoms with E-state index in [0.717, 1.165) is 37.7 Å². The third kappa shape index (κ3) is 4.23. The highest BCUT2D eigenvalue weighted by Crippen LogP contribution is 2.63. The number of carbonyl (C=O) groups is 1. The molecule has 0 spiro atoms. The molecule has 1 aromatic rings. The second kappa shape index (κ2) is 8.39. The Hall–Kier alpha value is -1.60. The number of hydrogen-bond donors (Lipinski definition) is 1. The molecular formula is C24H35NO5S. The number of esters is 1. The van der Waals surface area contributed by atoms with Crippen molar-refractivity contribution in [2.24, 2.45) is 28.3 Å². The van der Waals surface area contributed by atoms with Crippen LogP contribution in [0.1, 0.15) is 81.9 Å². The van der Waals surface area contributed by atoms with Gasteiger partial charge >= 0.3 is 16.3 Å². The summed E-state index contributed by atoms with van der Waals surface area (Å²) in [6, 6.07) is 4.07. The molecule has 5 atom stereocenters. The van der Waals surface area contributed by atoms with E-state index in [1.807, 2.05) is 19.9 Å². The molecule has 2 saturated carbocycles. The number of carbonyl (C=O) groups excluding carboxylic acids is 1. The van der Waals surface area contributed by atoms with E-state index >= 15 is 0 Å². The zero-order chi connectivity index (χ0) is 22.4. The van der Waals surface area contributed by atoms with Crippen LogP contribution in [0, 0.1) is 23.2 Å². The Kier molecular flexibility index (Phi) is 6.12. The standard InChI is InChI=1S/C24H35NO5S/c1-4-15-12-20-16(13-22(15)30-31(25,27)28)6-8-19-18(20)10-11-24(3)17(7-9-21(19)24)14-23(26)29-5-2/h12-13,17-19,21H,4-11,14H2,1-3H3,(H2,25,27,28)/t17-,18?,19?,21?,24-/m1/s1. The molecule has 2 fully saturated rings. The van der Waals surface area contributed by atoms with Crippen molar-refractivity contribution in [3.8, 4) is 5.75 Å². The molecular weight excluding hydrogens is 414 g/mol. The molecule has 0 aliphatic heterocycles. The molecule has 172 valence electrons. The van der Waals surface area contributed by atoms with Crippen molar-refractivity contribution in [3.05, 3.63) is 28.8 Å². The van der Waals surface area contributed by atoms with Gasteiger partial charge in [0.1, 0.15) is 5.75 Å². The van der Waals surface area contributed by atoms with Crippen LogP contribution in [0.25, 0.3) is 0 Å². The average molecular weight is 450 g/mol. The molecule has 0 heterocycles. The van der Waals surface area contributed by atoms with Crippen molar-refractivity contribution in [2.75, 3.05) is 6.61 Å². The van der Waals surface area contributed by atoms with Crippen LogP contribution in [-0.2, 0) is 32.7 Å². The summed E-state index contributed by atoms with van der Waals surface area (Å²) in [5.74, 6) is 2.48. The van der Waals surface area contributed by atoms with Gasteiger partial charge in [0.05, 0.1) is 6.61 Å². The Morgan fingerprint density at radius 3 is 2.65 bits per heavy atom. The predicted octanol–water partition coefficient (Wildman–Crippen LogP) is 4.26. The molecule has 4 rings (SSSR count). The normalized spacial score (nSPS) is 32.0. The van der Waals surface area contributed by atoms with Gasteiger partial charge in [0.25, 0.3) is 0 Å². The molecule has 3 aliphatic carbocycles. The maximum absolute atomic E-state index is 12.2. The number of hydrogen-bond acceptors (Lipinski definition) is 5. The molecule has 31 heavy (non-hydrogen) atoms. The summed E-state index contributed by atoms with van der Waals surface area (Å²) in [6.45, 7) is 6.73. The van der Waals surface area contributed by atoms with Crippen molar-refractivity contribution in [1.29, 1.82) is 0 Å². The van der Waals surface area contributed by atoms with Crippen molar-refractivity contribution >= 4 is 16.3 Å². The first-order chi connectivity index (χ1) is 14.7. The van der Waals surface area contributed by atoms with Gasteiger partial charge in [-0.1, -0.05) is 19.9 Å². The lowest BCUT2D eigenvalue weighted by molar-refractivity contribution is -0.145. The molecule has 0 radical (unpaired) electrons. The summed E-state index contributed by atoms with van der Waals surface area (Å²) < 4.78 is 33.3. The fourth-order valence-corrected chi connectivity index (χ4v) is 7.40. The topological polar surface area (TPSA) is 95.7 Å². The Morgan fingerprint density at radius 2 is 1.97 bits per heavy atom. The smallest absolute Gasteiger partial charge is 0.380 e. The van der Waals surface area contributed by atoms with Gasteiger partial charge in [0.15, 0.2) is 0 Å². The number of nitrogens with two attached hydrogens (primary N) is 1. The van der Waals surface area contributed by atoms with Gasteiger partial charge in [-0.2, -0.15) is 13.6 Å². The van der Waals surface area contributed by atoms with Crippen molar-refractivity contribution < 1.29 is 22.1 Å². The molecule has 2 N–H and O–H groups in total. The minimum atomic E-state index is -4.04. The summed E-state index contributed by atoms with van der Waals surface area (Å²) in [4.78, 5) is 12.2. The lowest BCUT2D eigenvalue weighted by atomic mass is 9.54. The maximum Gasteiger partial charge on any atom is 0.380 e.